The molecule has 4 rings (SSSR count). The predicted molar refractivity (Wildman–Crippen MR) is 126 cm³/mol. The number of aryl methyl sites for hydroxylation is 1. The molecule has 9 heteroatoms. The van der Waals surface area contributed by atoms with E-state index in [0.29, 0.717) is 40.3 Å². The number of benzene rings is 1. The molecule has 2 aromatic heterocycles. The molecule has 0 saturated carbocycles. The van der Waals surface area contributed by atoms with Crippen LogP contribution in [-0.2, 0) is 0 Å². The van der Waals surface area contributed by atoms with Crippen molar-refractivity contribution in [1.29, 1.82) is 0 Å². The van der Waals surface area contributed by atoms with E-state index >= 15 is 0 Å². The number of hydrogen-bond donors (Lipinski definition) is 4. The van der Waals surface area contributed by atoms with Gasteiger partial charge in [-0.1, -0.05) is 0 Å². The quantitative estimate of drug-likeness (QED) is 0.467. The summed E-state index contributed by atoms with van der Waals surface area (Å²) in [6, 6.07) is 5.45. The second-order valence-electron chi connectivity index (χ2n) is 8.34. The smallest absolute Gasteiger partial charge is 0.257 e. The summed E-state index contributed by atoms with van der Waals surface area (Å²) in [6.07, 6.45) is 6.43. The molecule has 3 aromatic rings. The number of amides is 1. The summed E-state index contributed by atoms with van der Waals surface area (Å²) in [5, 5.41) is 6.24. The highest BCUT2D eigenvalue weighted by Crippen LogP contribution is 2.32. The second kappa shape index (κ2) is 8.51. The van der Waals surface area contributed by atoms with E-state index in [2.05, 4.69) is 34.4 Å². The number of fused-ring (bicyclic) bond motifs is 1. The van der Waals surface area contributed by atoms with Gasteiger partial charge in [0.15, 0.2) is 11.5 Å². The van der Waals surface area contributed by atoms with Crippen LogP contribution < -0.4 is 27.0 Å². The van der Waals surface area contributed by atoms with Gasteiger partial charge in [-0.05, 0) is 45.2 Å². The first-order chi connectivity index (χ1) is 15.3. The van der Waals surface area contributed by atoms with E-state index in [1.807, 2.05) is 6.07 Å². The topological polar surface area (TPSA) is 114 Å². The third-order valence-corrected chi connectivity index (χ3v) is 5.55. The largest absolute Gasteiger partial charge is 0.405 e. The maximum absolute atomic E-state index is 14.4. The van der Waals surface area contributed by atoms with E-state index in [1.165, 1.54) is 12.3 Å². The minimum atomic E-state index is -0.520. The van der Waals surface area contributed by atoms with E-state index in [-0.39, 0.29) is 5.65 Å². The van der Waals surface area contributed by atoms with E-state index in [4.69, 9.17) is 11.5 Å². The van der Waals surface area contributed by atoms with Crippen LogP contribution in [0.4, 0.5) is 21.5 Å². The number of rotatable bonds is 4. The molecule has 1 aliphatic heterocycles. The van der Waals surface area contributed by atoms with E-state index in [0.717, 1.165) is 18.8 Å². The Bertz CT molecular complexity index is 1190. The SMILES string of the molecule is Cc1cn2cc(NC(=O)c3ccc(N4CC(C)NC(C)C4)c(/C=C\N)c3N)cc(F)c2n1. The van der Waals surface area contributed by atoms with Gasteiger partial charge in [-0.15, -0.1) is 0 Å². The number of nitrogens with two attached hydrogens (primary N) is 2. The molecule has 2 atom stereocenters. The van der Waals surface area contributed by atoms with Crippen LogP contribution in [0.25, 0.3) is 11.7 Å². The Morgan fingerprint density at radius 1 is 1.28 bits per heavy atom. The van der Waals surface area contributed by atoms with Crippen LogP contribution in [0.3, 0.4) is 0 Å². The number of halogens is 1. The van der Waals surface area contributed by atoms with Gasteiger partial charge in [0, 0.05) is 54.9 Å². The summed E-state index contributed by atoms with van der Waals surface area (Å²) in [5.41, 5.74) is 15.5. The lowest BCUT2D eigenvalue weighted by atomic mass is 10.0. The lowest BCUT2D eigenvalue weighted by molar-refractivity contribution is 0.102. The standard InChI is InChI=1S/C23H28FN7O/c1-13-9-30(10-14(2)27-13)20-5-4-18(21(26)17(20)6-7-25)23(32)29-16-8-19(24)22-28-15(3)11-31(22)12-16/h4-8,11-14,27H,9-10,25-26H2,1-3H3,(H,29,32)/b7-6-. The number of nitrogen functional groups attached to an aromatic ring is 1. The molecular weight excluding hydrogens is 409 g/mol. The molecule has 0 radical (unpaired) electrons. The highest BCUT2D eigenvalue weighted by molar-refractivity contribution is 6.09. The van der Waals surface area contributed by atoms with Crippen LogP contribution >= 0.6 is 0 Å². The maximum atomic E-state index is 14.4. The number of pyridine rings is 1. The van der Waals surface area contributed by atoms with Crippen molar-refractivity contribution in [3.8, 4) is 0 Å². The van der Waals surface area contributed by atoms with Gasteiger partial charge in [0.05, 0.1) is 22.6 Å². The number of carbonyl (C=O) groups excluding carboxylic acids is 1. The zero-order valence-corrected chi connectivity index (χ0v) is 18.4. The molecule has 168 valence electrons. The summed E-state index contributed by atoms with van der Waals surface area (Å²) in [4.78, 5) is 19.4. The fourth-order valence-electron chi connectivity index (χ4n) is 4.34. The van der Waals surface area contributed by atoms with Crippen molar-refractivity contribution in [3.05, 3.63) is 59.4 Å². The van der Waals surface area contributed by atoms with Crippen molar-refractivity contribution >= 4 is 34.7 Å². The van der Waals surface area contributed by atoms with Crippen LogP contribution in [0.15, 0.2) is 36.8 Å². The summed E-state index contributed by atoms with van der Waals surface area (Å²) < 4.78 is 15.9. The normalized spacial score (nSPS) is 19.1. The Hall–Kier alpha value is -3.59. The number of imidazole rings is 1. The zero-order chi connectivity index (χ0) is 23.0. The van der Waals surface area contributed by atoms with E-state index < -0.39 is 11.7 Å². The molecule has 0 bridgehead atoms. The molecule has 1 saturated heterocycles. The average molecular weight is 438 g/mol. The Labute approximate surface area is 186 Å². The molecule has 1 amide bonds. The Morgan fingerprint density at radius 3 is 2.69 bits per heavy atom. The van der Waals surface area contributed by atoms with Crippen molar-refractivity contribution in [2.24, 2.45) is 5.73 Å². The number of piperazine rings is 1. The fraction of sp³-hybridized carbons (Fsp3) is 0.304. The zero-order valence-electron chi connectivity index (χ0n) is 18.4. The lowest BCUT2D eigenvalue weighted by Crippen LogP contribution is -2.54. The first kappa shape index (κ1) is 21.6. The first-order valence-electron chi connectivity index (χ1n) is 10.5. The molecule has 3 heterocycles. The van der Waals surface area contributed by atoms with E-state index in [1.54, 1.807) is 35.9 Å². The van der Waals surface area contributed by atoms with Gasteiger partial charge in [0.2, 0.25) is 0 Å². The summed E-state index contributed by atoms with van der Waals surface area (Å²) >= 11 is 0. The number of nitrogens with zero attached hydrogens (tertiary/aromatic N) is 3. The molecule has 6 N–H and O–H groups in total. The monoisotopic (exact) mass is 437 g/mol. The highest BCUT2D eigenvalue weighted by atomic mass is 19.1. The Balaban J connectivity index is 1.66. The van der Waals surface area contributed by atoms with Gasteiger partial charge < -0.3 is 31.4 Å². The molecular formula is C23H28FN7O. The molecule has 8 nitrogen and oxygen atoms in total. The summed E-state index contributed by atoms with van der Waals surface area (Å²) in [6.45, 7) is 7.65. The van der Waals surface area contributed by atoms with Crippen LogP contribution in [0.2, 0.25) is 0 Å². The van der Waals surface area contributed by atoms with Crippen molar-refractivity contribution in [3.63, 3.8) is 0 Å². The van der Waals surface area contributed by atoms with Gasteiger partial charge >= 0.3 is 0 Å². The predicted octanol–water partition coefficient (Wildman–Crippen LogP) is 2.73. The number of anilines is 3. The number of nitrogens with one attached hydrogen (secondary N) is 2. The van der Waals surface area contributed by atoms with Gasteiger partial charge in [0.25, 0.3) is 5.91 Å². The number of carbonyl (C=O) groups is 1. The summed E-state index contributed by atoms with van der Waals surface area (Å²) in [5.74, 6) is -0.953. The molecule has 0 spiro atoms. The molecule has 0 aliphatic carbocycles. The third kappa shape index (κ3) is 4.11. The van der Waals surface area contributed by atoms with Gasteiger partial charge in [-0.25, -0.2) is 9.37 Å². The fourth-order valence-corrected chi connectivity index (χ4v) is 4.34. The van der Waals surface area contributed by atoms with Crippen LogP contribution in [0.5, 0.6) is 0 Å². The van der Waals surface area contributed by atoms with Crippen molar-refractivity contribution in [2.75, 3.05) is 29.0 Å². The number of aromatic nitrogens is 2. The molecule has 2 unspecified atom stereocenters. The van der Waals surface area contributed by atoms with Crippen molar-refractivity contribution < 1.29 is 9.18 Å². The maximum Gasteiger partial charge on any atom is 0.257 e. The second-order valence-corrected chi connectivity index (χ2v) is 8.34. The van der Waals surface area contributed by atoms with Crippen LogP contribution in [0.1, 0.15) is 35.5 Å². The highest BCUT2D eigenvalue weighted by Gasteiger charge is 2.25. The van der Waals surface area contributed by atoms with Gasteiger partial charge in [-0.3, -0.25) is 4.79 Å². The minimum Gasteiger partial charge on any atom is -0.405 e. The van der Waals surface area contributed by atoms with Crippen LogP contribution in [0, 0.1) is 12.7 Å². The Morgan fingerprint density at radius 2 is 2.00 bits per heavy atom. The molecule has 32 heavy (non-hydrogen) atoms. The van der Waals surface area contributed by atoms with Crippen molar-refractivity contribution in [1.82, 2.24) is 14.7 Å². The van der Waals surface area contributed by atoms with Gasteiger partial charge in [-0.2, -0.15) is 0 Å². The average Bonchev–Trinajstić information content (AvgIpc) is 3.09. The lowest BCUT2D eigenvalue weighted by Gasteiger charge is -2.38. The molecule has 1 fully saturated rings. The van der Waals surface area contributed by atoms with Crippen LogP contribution in [-0.4, -0.2) is 40.5 Å². The third-order valence-electron chi connectivity index (χ3n) is 5.55. The van der Waals surface area contributed by atoms with E-state index in [9.17, 15) is 9.18 Å². The Kier molecular flexibility index (Phi) is 5.75. The van der Waals surface area contributed by atoms with Gasteiger partial charge in [0.1, 0.15) is 0 Å². The summed E-state index contributed by atoms with van der Waals surface area (Å²) in [7, 11) is 0. The number of hydrogen-bond acceptors (Lipinski definition) is 6. The minimum absolute atomic E-state index is 0.208. The first-order valence-corrected chi connectivity index (χ1v) is 10.5. The van der Waals surface area contributed by atoms with Crippen molar-refractivity contribution in [2.45, 2.75) is 32.9 Å². The molecule has 1 aliphatic rings. The molecule has 1 aromatic carbocycles.